The van der Waals surface area contributed by atoms with Crippen LogP contribution in [0.3, 0.4) is 0 Å². The number of aliphatic hydroxyl groups is 2. The molecule has 8 heteroatoms. The van der Waals surface area contributed by atoms with E-state index < -0.39 is 32.2 Å². The molecule has 2 amide bonds. The Balaban J connectivity index is 1.56. The van der Waals surface area contributed by atoms with Crippen LogP contribution in [0.2, 0.25) is 5.04 Å². The molecule has 48 heavy (non-hydrogen) atoms. The molecule has 254 valence electrons. The summed E-state index contributed by atoms with van der Waals surface area (Å²) in [6.45, 7) is 8.49. The quantitative estimate of drug-likeness (QED) is 0.135. The number of amides is 2. The molecule has 0 bridgehead atoms. The van der Waals surface area contributed by atoms with Gasteiger partial charge in [-0.3, -0.25) is 14.5 Å². The number of carbonyl (C=O) groups excluding carboxylic acids is 2. The number of hydrogen-bond acceptors (Lipinski definition) is 6. The molecule has 1 heterocycles. The minimum absolute atomic E-state index is 0.171. The molecule has 1 aliphatic carbocycles. The summed E-state index contributed by atoms with van der Waals surface area (Å²) in [6.07, 6.45) is 3.09. The van der Waals surface area contributed by atoms with E-state index in [0.717, 1.165) is 33.5 Å². The minimum Gasteiger partial charge on any atom is -0.508 e. The van der Waals surface area contributed by atoms with Crippen molar-refractivity contribution in [1.29, 1.82) is 0 Å². The number of aromatic hydroxyl groups is 1. The van der Waals surface area contributed by atoms with Gasteiger partial charge in [-0.1, -0.05) is 112 Å². The molecule has 0 saturated carbocycles. The standard InChI is InChI=1S/C40H49NO6Si/c1-6-27(22-28-14-13-15-30(43)23-28)20-21-35(44)36-29(24-33-37(34(36)25-42)39(46)41(5)38(33)45)26-47-48(40(2,3)4,31-16-9-7-10-17-31)32-18-11-8-12-19-32/h7-19,22-23,33-35,37,42-44H,6,20-21,24-26H2,1-5H3/b27-22+/t33-,34+,35-,37-/m1/s1. The summed E-state index contributed by atoms with van der Waals surface area (Å²) in [5, 5.41) is 34.7. The second kappa shape index (κ2) is 14.7. The van der Waals surface area contributed by atoms with Gasteiger partial charge >= 0.3 is 0 Å². The lowest BCUT2D eigenvalue weighted by Gasteiger charge is -2.44. The lowest BCUT2D eigenvalue weighted by atomic mass is 9.68. The number of fused-ring (bicyclic) bond motifs is 1. The van der Waals surface area contributed by atoms with E-state index in [1.165, 1.54) is 11.9 Å². The summed E-state index contributed by atoms with van der Waals surface area (Å²) < 4.78 is 7.30. The fourth-order valence-electron chi connectivity index (χ4n) is 7.89. The molecule has 3 aromatic rings. The minimum atomic E-state index is -2.97. The Kier molecular flexibility index (Phi) is 10.9. The second-order valence-corrected chi connectivity index (χ2v) is 18.5. The van der Waals surface area contributed by atoms with Crippen molar-refractivity contribution in [1.82, 2.24) is 4.90 Å². The van der Waals surface area contributed by atoms with Gasteiger partial charge in [0, 0.05) is 13.0 Å². The number of imide groups is 1. The van der Waals surface area contributed by atoms with Gasteiger partial charge in [-0.15, -0.1) is 0 Å². The van der Waals surface area contributed by atoms with Gasteiger partial charge in [0.25, 0.3) is 8.32 Å². The van der Waals surface area contributed by atoms with E-state index in [-0.39, 0.29) is 35.8 Å². The first-order valence-corrected chi connectivity index (χ1v) is 18.9. The summed E-state index contributed by atoms with van der Waals surface area (Å²) in [5.74, 6) is -2.38. The van der Waals surface area contributed by atoms with Crippen LogP contribution in [0.5, 0.6) is 5.75 Å². The zero-order valence-electron chi connectivity index (χ0n) is 28.7. The van der Waals surface area contributed by atoms with Crippen LogP contribution in [-0.2, 0) is 14.0 Å². The van der Waals surface area contributed by atoms with E-state index >= 15 is 0 Å². The zero-order chi connectivity index (χ0) is 34.6. The second-order valence-electron chi connectivity index (χ2n) is 14.2. The molecule has 1 aliphatic heterocycles. The number of nitrogens with zero attached hydrogens (tertiary/aromatic N) is 1. The maximum Gasteiger partial charge on any atom is 0.261 e. The first-order chi connectivity index (χ1) is 22.9. The summed E-state index contributed by atoms with van der Waals surface area (Å²) in [4.78, 5) is 27.9. The lowest BCUT2D eigenvalue weighted by molar-refractivity contribution is -0.138. The molecule has 7 nitrogen and oxygen atoms in total. The number of phenolic OH excluding ortho intramolecular Hbond substituents is 1. The van der Waals surface area contributed by atoms with Crippen molar-refractivity contribution >= 4 is 36.6 Å². The number of aliphatic hydroxyl groups excluding tert-OH is 2. The fraction of sp³-hybridized carbons (Fsp3) is 0.400. The van der Waals surface area contributed by atoms with Gasteiger partial charge in [0.05, 0.1) is 31.2 Å². The third-order valence-corrected chi connectivity index (χ3v) is 15.3. The van der Waals surface area contributed by atoms with Crippen LogP contribution in [0.25, 0.3) is 6.08 Å². The SMILES string of the molecule is CC/C(=C\c1cccc(O)c1)CC[C@@H](O)C1=C(CO[Si](c2ccccc2)(c2ccccc2)C(C)(C)C)C[C@H]2C(=O)N(C)C(=O)[C@H]2[C@H]1CO. The topological polar surface area (TPSA) is 107 Å². The van der Waals surface area contributed by atoms with Crippen LogP contribution in [0.1, 0.15) is 58.9 Å². The van der Waals surface area contributed by atoms with Crippen molar-refractivity contribution in [3.63, 3.8) is 0 Å². The summed E-state index contributed by atoms with van der Waals surface area (Å²) in [5.41, 5.74) is 3.40. The highest BCUT2D eigenvalue weighted by Crippen LogP contribution is 2.47. The summed E-state index contributed by atoms with van der Waals surface area (Å²) >= 11 is 0. The van der Waals surface area contributed by atoms with Crippen molar-refractivity contribution in [3.05, 3.63) is 107 Å². The molecule has 0 radical (unpaired) electrons. The first-order valence-electron chi connectivity index (χ1n) is 17.0. The van der Waals surface area contributed by atoms with Crippen LogP contribution in [0.15, 0.2) is 102 Å². The first kappa shape index (κ1) is 35.5. The molecule has 0 aromatic heterocycles. The average molecular weight is 668 g/mol. The number of likely N-dealkylation sites (tertiary alicyclic amines) is 1. The van der Waals surface area contributed by atoms with Crippen molar-refractivity contribution in [2.75, 3.05) is 20.3 Å². The Labute approximate surface area is 285 Å². The van der Waals surface area contributed by atoms with Gasteiger partial charge in [0.2, 0.25) is 11.8 Å². The van der Waals surface area contributed by atoms with Crippen LogP contribution in [0.4, 0.5) is 0 Å². The van der Waals surface area contributed by atoms with Crippen LogP contribution >= 0.6 is 0 Å². The predicted octanol–water partition coefficient (Wildman–Crippen LogP) is 5.44. The monoisotopic (exact) mass is 667 g/mol. The molecular formula is C40H49NO6Si. The number of carbonyl (C=O) groups is 2. The van der Waals surface area contributed by atoms with Gasteiger partial charge in [-0.2, -0.15) is 0 Å². The van der Waals surface area contributed by atoms with Gasteiger partial charge in [0.15, 0.2) is 0 Å². The Bertz CT molecular complexity index is 1620. The van der Waals surface area contributed by atoms with E-state index in [4.69, 9.17) is 4.43 Å². The Morgan fingerprint density at radius 3 is 2.15 bits per heavy atom. The molecule has 0 spiro atoms. The third kappa shape index (κ3) is 6.85. The number of phenols is 1. The Morgan fingerprint density at radius 2 is 1.60 bits per heavy atom. The fourth-order valence-corrected chi connectivity index (χ4v) is 12.4. The zero-order valence-corrected chi connectivity index (χ0v) is 29.7. The number of benzene rings is 3. The molecule has 5 rings (SSSR count). The largest absolute Gasteiger partial charge is 0.508 e. The Morgan fingerprint density at radius 1 is 0.979 bits per heavy atom. The van der Waals surface area contributed by atoms with Crippen LogP contribution in [-0.4, -0.2) is 66.7 Å². The van der Waals surface area contributed by atoms with E-state index in [0.29, 0.717) is 24.8 Å². The molecular weight excluding hydrogens is 619 g/mol. The third-order valence-electron chi connectivity index (χ3n) is 10.3. The molecule has 1 saturated heterocycles. The molecule has 3 N–H and O–H groups in total. The van der Waals surface area contributed by atoms with Crippen molar-refractivity contribution in [2.24, 2.45) is 17.8 Å². The van der Waals surface area contributed by atoms with Gasteiger partial charge in [-0.25, -0.2) is 0 Å². The molecule has 1 fully saturated rings. The molecule has 4 atom stereocenters. The molecule has 0 unspecified atom stereocenters. The van der Waals surface area contributed by atoms with Crippen molar-refractivity contribution in [2.45, 2.75) is 64.5 Å². The maximum absolute atomic E-state index is 13.4. The van der Waals surface area contributed by atoms with Crippen LogP contribution < -0.4 is 10.4 Å². The predicted molar refractivity (Wildman–Crippen MR) is 192 cm³/mol. The Hall–Kier alpha value is -3.82. The molecule has 2 aliphatic rings. The van der Waals surface area contributed by atoms with Gasteiger partial charge < -0.3 is 19.7 Å². The normalized spacial score (nSPS) is 21.1. The highest BCUT2D eigenvalue weighted by atomic mass is 28.4. The van der Waals surface area contributed by atoms with E-state index in [9.17, 15) is 24.9 Å². The smallest absolute Gasteiger partial charge is 0.261 e. The van der Waals surface area contributed by atoms with Gasteiger partial charge in [0.1, 0.15) is 5.75 Å². The van der Waals surface area contributed by atoms with Crippen molar-refractivity contribution < 1.29 is 29.3 Å². The average Bonchev–Trinajstić information content (AvgIpc) is 3.29. The van der Waals surface area contributed by atoms with E-state index in [1.807, 2.05) is 48.5 Å². The van der Waals surface area contributed by atoms with E-state index in [2.05, 4.69) is 52.0 Å². The number of allylic oxidation sites excluding steroid dienone is 1. The van der Waals surface area contributed by atoms with Crippen molar-refractivity contribution in [3.8, 4) is 5.75 Å². The van der Waals surface area contributed by atoms with E-state index in [1.54, 1.807) is 18.2 Å². The highest BCUT2D eigenvalue weighted by Gasteiger charge is 2.55. The maximum atomic E-state index is 13.4. The highest BCUT2D eigenvalue weighted by molar-refractivity contribution is 6.99. The molecule has 3 aromatic carbocycles. The number of hydrogen-bond donors (Lipinski definition) is 3. The summed E-state index contributed by atoms with van der Waals surface area (Å²) in [6, 6.07) is 27.7. The summed E-state index contributed by atoms with van der Waals surface area (Å²) in [7, 11) is -1.46. The van der Waals surface area contributed by atoms with Crippen LogP contribution in [0, 0.1) is 17.8 Å². The van der Waals surface area contributed by atoms with Gasteiger partial charge in [-0.05, 0) is 69.9 Å². The number of rotatable bonds is 12. The lowest BCUT2D eigenvalue weighted by Crippen LogP contribution is -2.66.